The quantitative estimate of drug-likeness (QED) is 0.789. The van der Waals surface area contributed by atoms with E-state index in [1.807, 2.05) is 19.1 Å². The van der Waals surface area contributed by atoms with E-state index in [9.17, 15) is 4.39 Å². The van der Waals surface area contributed by atoms with Crippen LogP contribution in [0.2, 0.25) is 0 Å². The topological polar surface area (TPSA) is 30.5 Å². The van der Waals surface area contributed by atoms with E-state index in [1.165, 1.54) is 12.1 Å². The Bertz CT molecular complexity index is 587. The molecule has 1 N–H and O–H groups in total. The lowest BCUT2D eigenvalue weighted by molar-refractivity contribution is 0.199. The summed E-state index contributed by atoms with van der Waals surface area (Å²) in [6.45, 7) is 4.13. The molecule has 0 heterocycles. The highest BCUT2D eigenvalue weighted by Crippen LogP contribution is 2.26. The van der Waals surface area contributed by atoms with Crippen LogP contribution in [0.15, 0.2) is 42.5 Å². The van der Waals surface area contributed by atoms with Crippen molar-refractivity contribution in [2.24, 2.45) is 0 Å². The normalized spacial score (nSPS) is 10.6. The number of nitrogens with one attached hydrogen (secondary N) is 1. The fourth-order valence-corrected chi connectivity index (χ4v) is 2.00. The lowest BCUT2D eigenvalue weighted by Gasteiger charge is -2.13. The third kappa shape index (κ3) is 4.85. The van der Waals surface area contributed by atoms with Crippen molar-refractivity contribution in [1.82, 2.24) is 5.32 Å². The molecule has 0 aliphatic heterocycles. The molecule has 4 heteroatoms. The highest BCUT2D eigenvalue weighted by molar-refractivity contribution is 5.40. The SMILES string of the molecule is COCCNCc1cc(C)ccc1Oc1cccc(F)c1. The van der Waals surface area contributed by atoms with Crippen LogP contribution >= 0.6 is 0 Å². The molecule has 2 rings (SSSR count). The van der Waals surface area contributed by atoms with Crippen LogP contribution in [0.4, 0.5) is 4.39 Å². The summed E-state index contributed by atoms with van der Waals surface area (Å²) in [5, 5.41) is 3.29. The summed E-state index contributed by atoms with van der Waals surface area (Å²) < 4.78 is 24.0. The third-order valence-electron chi connectivity index (χ3n) is 3.04. The lowest BCUT2D eigenvalue weighted by Crippen LogP contribution is -2.18. The smallest absolute Gasteiger partial charge is 0.131 e. The minimum absolute atomic E-state index is 0.306. The molecule has 0 saturated carbocycles. The largest absolute Gasteiger partial charge is 0.457 e. The van der Waals surface area contributed by atoms with Crippen LogP contribution in [0.3, 0.4) is 0 Å². The Morgan fingerprint density at radius 1 is 1.14 bits per heavy atom. The van der Waals surface area contributed by atoms with E-state index in [0.717, 1.165) is 23.4 Å². The molecule has 0 aromatic heterocycles. The highest BCUT2D eigenvalue weighted by atomic mass is 19.1. The van der Waals surface area contributed by atoms with Crippen molar-refractivity contribution >= 4 is 0 Å². The Labute approximate surface area is 124 Å². The van der Waals surface area contributed by atoms with Gasteiger partial charge in [0.2, 0.25) is 0 Å². The van der Waals surface area contributed by atoms with Gasteiger partial charge >= 0.3 is 0 Å². The van der Waals surface area contributed by atoms with Crippen LogP contribution in [-0.2, 0) is 11.3 Å². The molecule has 0 aliphatic rings. The minimum atomic E-state index is -0.306. The molecule has 21 heavy (non-hydrogen) atoms. The van der Waals surface area contributed by atoms with Gasteiger partial charge in [0.25, 0.3) is 0 Å². The van der Waals surface area contributed by atoms with Crippen LogP contribution in [0.5, 0.6) is 11.5 Å². The zero-order chi connectivity index (χ0) is 15.1. The monoisotopic (exact) mass is 289 g/mol. The minimum Gasteiger partial charge on any atom is -0.457 e. The van der Waals surface area contributed by atoms with Gasteiger partial charge in [0.1, 0.15) is 17.3 Å². The van der Waals surface area contributed by atoms with Crippen molar-refractivity contribution in [3.63, 3.8) is 0 Å². The second-order valence-corrected chi connectivity index (χ2v) is 4.84. The molecule has 0 fully saturated rings. The van der Waals surface area contributed by atoms with Crippen LogP contribution in [-0.4, -0.2) is 20.3 Å². The predicted octanol–water partition coefficient (Wildman–Crippen LogP) is 3.66. The Hall–Kier alpha value is -1.91. The molecule has 0 spiro atoms. The lowest BCUT2D eigenvalue weighted by atomic mass is 10.1. The molecular formula is C17H20FNO2. The number of hydrogen-bond acceptors (Lipinski definition) is 3. The predicted molar refractivity (Wildman–Crippen MR) is 81.2 cm³/mol. The summed E-state index contributed by atoms with van der Waals surface area (Å²) >= 11 is 0. The number of aryl methyl sites for hydroxylation is 1. The zero-order valence-electron chi connectivity index (χ0n) is 12.4. The maximum absolute atomic E-state index is 13.2. The van der Waals surface area contributed by atoms with Gasteiger partial charge in [0, 0.05) is 31.8 Å². The average Bonchev–Trinajstić information content (AvgIpc) is 2.46. The van der Waals surface area contributed by atoms with E-state index < -0.39 is 0 Å². The van der Waals surface area contributed by atoms with Gasteiger partial charge in [0.15, 0.2) is 0 Å². The van der Waals surface area contributed by atoms with Gasteiger partial charge in [0.05, 0.1) is 6.61 Å². The fraction of sp³-hybridized carbons (Fsp3) is 0.294. The summed E-state index contributed by atoms with van der Waals surface area (Å²) in [6, 6.07) is 12.1. The molecule has 0 amide bonds. The standard InChI is InChI=1S/C17H20FNO2/c1-13-6-7-17(14(10-13)12-19-8-9-20-2)21-16-5-3-4-15(18)11-16/h3-7,10-11,19H,8-9,12H2,1-2H3. The van der Waals surface area contributed by atoms with Gasteiger partial charge in [-0.3, -0.25) is 0 Å². The molecule has 0 radical (unpaired) electrons. The summed E-state index contributed by atoms with van der Waals surface area (Å²) in [5.74, 6) is 0.924. The first-order chi connectivity index (χ1) is 10.2. The number of methoxy groups -OCH3 is 1. The van der Waals surface area contributed by atoms with Gasteiger partial charge in [-0.1, -0.05) is 23.8 Å². The molecule has 0 unspecified atom stereocenters. The van der Waals surface area contributed by atoms with Crippen LogP contribution in [0, 0.1) is 12.7 Å². The number of halogens is 1. The Morgan fingerprint density at radius 3 is 2.76 bits per heavy atom. The van der Waals surface area contributed by atoms with Gasteiger partial charge in [-0.15, -0.1) is 0 Å². The van der Waals surface area contributed by atoms with E-state index >= 15 is 0 Å². The van der Waals surface area contributed by atoms with Crippen molar-refractivity contribution in [2.45, 2.75) is 13.5 Å². The molecule has 0 saturated heterocycles. The molecule has 0 atom stereocenters. The van der Waals surface area contributed by atoms with Crippen molar-refractivity contribution in [1.29, 1.82) is 0 Å². The molecule has 2 aromatic carbocycles. The first kappa shape index (κ1) is 15.5. The van der Waals surface area contributed by atoms with Gasteiger partial charge in [-0.05, 0) is 25.1 Å². The van der Waals surface area contributed by atoms with Crippen LogP contribution < -0.4 is 10.1 Å². The average molecular weight is 289 g/mol. The van der Waals surface area contributed by atoms with Gasteiger partial charge < -0.3 is 14.8 Å². The van der Waals surface area contributed by atoms with Gasteiger partial charge in [-0.25, -0.2) is 4.39 Å². The molecule has 0 bridgehead atoms. The van der Waals surface area contributed by atoms with Crippen molar-refractivity contribution < 1.29 is 13.9 Å². The second-order valence-electron chi connectivity index (χ2n) is 4.84. The number of hydrogen-bond donors (Lipinski definition) is 1. The van der Waals surface area contributed by atoms with Crippen molar-refractivity contribution in [2.75, 3.05) is 20.3 Å². The number of rotatable bonds is 7. The maximum atomic E-state index is 13.2. The summed E-state index contributed by atoms with van der Waals surface area (Å²) in [5.41, 5.74) is 2.19. The first-order valence-corrected chi connectivity index (χ1v) is 6.91. The van der Waals surface area contributed by atoms with E-state index in [1.54, 1.807) is 19.2 Å². The van der Waals surface area contributed by atoms with Crippen LogP contribution in [0.25, 0.3) is 0 Å². The molecular weight excluding hydrogens is 269 g/mol. The van der Waals surface area contributed by atoms with E-state index in [4.69, 9.17) is 9.47 Å². The molecule has 2 aromatic rings. The first-order valence-electron chi connectivity index (χ1n) is 6.91. The summed E-state index contributed by atoms with van der Waals surface area (Å²) in [7, 11) is 1.67. The number of ether oxygens (including phenoxy) is 2. The van der Waals surface area contributed by atoms with E-state index in [2.05, 4.69) is 11.4 Å². The second kappa shape index (κ2) is 7.76. The summed E-state index contributed by atoms with van der Waals surface area (Å²) in [4.78, 5) is 0. The Balaban J connectivity index is 2.10. The number of benzene rings is 2. The Kier molecular flexibility index (Phi) is 5.72. The van der Waals surface area contributed by atoms with Crippen molar-refractivity contribution in [3.8, 4) is 11.5 Å². The van der Waals surface area contributed by atoms with Crippen molar-refractivity contribution in [3.05, 3.63) is 59.4 Å². The molecule has 0 aliphatic carbocycles. The third-order valence-corrected chi connectivity index (χ3v) is 3.04. The maximum Gasteiger partial charge on any atom is 0.131 e. The highest BCUT2D eigenvalue weighted by Gasteiger charge is 2.06. The molecule has 112 valence electrons. The summed E-state index contributed by atoms with van der Waals surface area (Å²) in [6.07, 6.45) is 0. The van der Waals surface area contributed by atoms with Gasteiger partial charge in [-0.2, -0.15) is 0 Å². The fourth-order valence-electron chi connectivity index (χ4n) is 2.00. The Morgan fingerprint density at radius 2 is 2.00 bits per heavy atom. The van der Waals surface area contributed by atoms with E-state index in [-0.39, 0.29) is 5.82 Å². The van der Waals surface area contributed by atoms with E-state index in [0.29, 0.717) is 18.9 Å². The molecule has 3 nitrogen and oxygen atoms in total. The van der Waals surface area contributed by atoms with Crippen LogP contribution in [0.1, 0.15) is 11.1 Å². The zero-order valence-corrected chi connectivity index (χ0v) is 12.4.